The van der Waals surface area contributed by atoms with Crippen LogP contribution in [0.1, 0.15) is 5.69 Å². The lowest BCUT2D eigenvalue weighted by Gasteiger charge is -2.35. The molecule has 0 amide bonds. The molecule has 0 radical (unpaired) electrons. The molecule has 5 heterocycles. The molecule has 31 heavy (non-hydrogen) atoms. The van der Waals surface area contributed by atoms with Crippen LogP contribution in [-0.4, -0.2) is 67.0 Å². The maximum absolute atomic E-state index is 12.3. The quantitative estimate of drug-likeness (QED) is 0.487. The first-order valence-corrected chi connectivity index (χ1v) is 10.4. The largest absolute Gasteiger partial charge is 0.352 e. The molecule has 0 unspecified atom stereocenters. The number of piperazine rings is 1. The summed E-state index contributed by atoms with van der Waals surface area (Å²) in [6.45, 7) is 6.92. The lowest BCUT2D eigenvalue weighted by Crippen LogP contribution is -2.48. The van der Waals surface area contributed by atoms with Gasteiger partial charge in [0.2, 0.25) is 0 Å². The minimum Gasteiger partial charge on any atom is -0.352 e. The van der Waals surface area contributed by atoms with Crippen molar-refractivity contribution in [3.63, 3.8) is 0 Å². The van der Waals surface area contributed by atoms with Crippen LogP contribution in [-0.2, 0) is 6.54 Å². The van der Waals surface area contributed by atoms with E-state index in [0.717, 1.165) is 61.0 Å². The van der Waals surface area contributed by atoms with Gasteiger partial charge in [0.05, 0.1) is 17.9 Å². The highest BCUT2D eigenvalue weighted by Crippen LogP contribution is 2.21. The van der Waals surface area contributed by atoms with Crippen LogP contribution < -0.4 is 10.5 Å². The highest BCUT2D eigenvalue weighted by Gasteiger charge is 2.20. The van der Waals surface area contributed by atoms with Gasteiger partial charge in [-0.2, -0.15) is 10.2 Å². The first-order chi connectivity index (χ1) is 15.2. The van der Waals surface area contributed by atoms with Gasteiger partial charge in [0, 0.05) is 69.1 Å². The van der Waals surface area contributed by atoms with Crippen molar-refractivity contribution in [2.24, 2.45) is 0 Å². The van der Waals surface area contributed by atoms with Crippen molar-refractivity contribution < 1.29 is 0 Å². The molecule has 1 aliphatic rings. The molecule has 0 saturated carbocycles. The second-order valence-corrected chi connectivity index (χ2v) is 7.72. The monoisotopic (exact) mass is 416 g/mol. The number of fused-ring (bicyclic) bond motifs is 1. The summed E-state index contributed by atoms with van der Waals surface area (Å²) < 4.78 is 3.43. The summed E-state index contributed by atoms with van der Waals surface area (Å²) in [5, 5.41) is 9.01. The lowest BCUT2D eigenvalue weighted by molar-refractivity contribution is 0.242. The van der Waals surface area contributed by atoms with E-state index >= 15 is 0 Å². The average molecular weight is 416 g/mol. The zero-order valence-electron chi connectivity index (χ0n) is 17.4. The van der Waals surface area contributed by atoms with Crippen LogP contribution in [0.5, 0.6) is 0 Å². The van der Waals surface area contributed by atoms with Gasteiger partial charge in [-0.15, -0.1) is 0 Å². The molecule has 0 aliphatic carbocycles. The fraction of sp³-hybridized carbons (Fsp3) is 0.318. The highest BCUT2D eigenvalue weighted by atomic mass is 16.1. The first kappa shape index (κ1) is 19.4. The van der Waals surface area contributed by atoms with Crippen LogP contribution in [0.4, 0.5) is 5.82 Å². The van der Waals surface area contributed by atoms with E-state index in [9.17, 15) is 4.79 Å². The number of hydrogen-bond donors (Lipinski definition) is 0. The molecule has 0 N–H and O–H groups in total. The van der Waals surface area contributed by atoms with Gasteiger partial charge in [-0.25, -0.2) is 14.2 Å². The molecule has 9 nitrogen and oxygen atoms in total. The van der Waals surface area contributed by atoms with Crippen LogP contribution >= 0.6 is 0 Å². The second kappa shape index (κ2) is 8.27. The molecular formula is C22H24N8O. The van der Waals surface area contributed by atoms with E-state index < -0.39 is 0 Å². The number of anilines is 1. The Morgan fingerprint density at radius 3 is 2.68 bits per heavy atom. The number of hydrogen-bond acceptors (Lipinski definition) is 7. The molecule has 0 atom stereocenters. The summed E-state index contributed by atoms with van der Waals surface area (Å²) in [6.07, 6.45) is 7.16. The van der Waals surface area contributed by atoms with Gasteiger partial charge in [0.15, 0.2) is 5.82 Å². The van der Waals surface area contributed by atoms with E-state index in [0.29, 0.717) is 6.54 Å². The third-order valence-electron chi connectivity index (χ3n) is 5.62. The van der Waals surface area contributed by atoms with Gasteiger partial charge in [0.25, 0.3) is 5.56 Å². The molecule has 1 saturated heterocycles. The van der Waals surface area contributed by atoms with Crippen LogP contribution in [0, 0.1) is 6.92 Å². The van der Waals surface area contributed by atoms with Crippen molar-refractivity contribution in [2.45, 2.75) is 13.5 Å². The summed E-state index contributed by atoms with van der Waals surface area (Å²) in [6, 6.07) is 9.21. The minimum absolute atomic E-state index is 0.0849. The number of rotatable bonds is 5. The van der Waals surface area contributed by atoms with Crippen molar-refractivity contribution in [1.82, 2.24) is 34.3 Å². The van der Waals surface area contributed by atoms with E-state index in [1.165, 1.54) is 0 Å². The summed E-state index contributed by atoms with van der Waals surface area (Å²) in [5.74, 6) is 0.977. The summed E-state index contributed by atoms with van der Waals surface area (Å²) in [7, 11) is 0. The van der Waals surface area contributed by atoms with E-state index in [-0.39, 0.29) is 5.56 Å². The summed E-state index contributed by atoms with van der Waals surface area (Å²) in [4.78, 5) is 25.7. The van der Waals surface area contributed by atoms with Crippen LogP contribution in [0.15, 0.2) is 59.9 Å². The maximum atomic E-state index is 12.3. The molecule has 4 aromatic rings. The molecule has 158 valence electrons. The Morgan fingerprint density at radius 1 is 1.00 bits per heavy atom. The van der Waals surface area contributed by atoms with E-state index in [2.05, 4.69) is 36.0 Å². The SMILES string of the molecule is Cc1cc2c(N3CCN(CCn4nc(-c5cccnc5)ccc4=O)CC3)nccn2n1. The maximum Gasteiger partial charge on any atom is 0.266 e. The van der Waals surface area contributed by atoms with E-state index in [1.54, 1.807) is 35.4 Å². The Labute approximate surface area is 179 Å². The lowest BCUT2D eigenvalue weighted by atomic mass is 10.2. The Morgan fingerprint density at radius 2 is 1.87 bits per heavy atom. The minimum atomic E-state index is -0.0849. The Kier molecular flexibility index (Phi) is 5.17. The van der Waals surface area contributed by atoms with Gasteiger partial charge in [-0.05, 0) is 31.2 Å². The Balaban J connectivity index is 1.23. The zero-order chi connectivity index (χ0) is 21.2. The van der Waals surface area contributed by atoms with Crippen LogP contribution in [0.2, 0.25) is 0 Å². The standard InChI is InChI=1S/C22H24N8O/c1-17-15-20-22(24-7-8-29(20)25-17)28-12-9-27(10-13-28)11-14-30-21(31)5-4-19(26-30)18-3-2-6-23-16-18/h2-8,15-16H,9-14H2,1H3. The third kappa shape index (κ3) is 4.04. The van der Waals surface area contributed by atoms with Gasteiger partial charge >= 0.3 is 0 Å². The van der Waals surface area contributed by atoms with Gasteiger partial charge in [-0.1, -0.05) is 0 Å². The van der Waals surface area contributed by atoms with Gasteiger partial charge in [0.1, 0.15) is 5.52 Å². The fourth-order valence-electron chi connectivity index (χ4n) is 3.97. The van der Waals surface area contributed by atoms with Gasteiger partial charge in [-0.3, -0.25) is 14.7 Å². The van der Waals surface area contributed by atoms with Crippen LogP contribution in [0.3, 0.4) is 0 Å². The third-order valence-corrected chi connectivity index (χ3v) is 5.62. The number of nitrogens with zero attached hydrogens (tertiary/aromatic N) is 8. The molecule has 0 spiro atoms. The van der Waals surface area contributed by atoms with Gasteiger partial charge < -0.3 is 4.90 Å². The number of aromatic nitrogens is 6. The number of pyridine rings is 1. The highest BCUT2D eigenvalue weighted by molar-refractivity contribution is 5.69. The van der Waals surface area contributed by atoms with E-state index in [1.807, 2.05) is 29.8 Å². The zero-order valence-corrected chi connectivity index (χ0v) is 17.4. The van der Waals surface area contributed by atoms with Crippen molar-refractivity contribution >= 4 is 11.3 Å². The van der Waals surface area contributed by atoms with Crippen molar-refractivity contribution in [1.29, 1.82) is 0 Å². The smallest absolute Gasteiger partial charge is 0.266 e. The second-order valence-electron chi connectivity index (χ2n) is 7.72. The Hall–Kier alpha value is -3.59. The Bertz CT molecular complexity index is 1240. The van der Waals surface area contributed by atoms with E-state index in [4.69, 9.17) is 0 Å². The predicted molar refractivity (Wildman–Crippen MR) is 118 cm³/mol. The molecule has 0 aromatic carbocycles. The summed E-state index contributed by atoms with van der Waals surface area (Å²) >= 11 is 0. The normalized spacial score (nSPS) is 14.9. The fourth-order valence-corrected chi connectivity index (χ4v) is 3.97. The molecule has 1 fully saturated rings. The molecular weight excluding hydrogens is 392 g/mol. The molecule has 5 rings (SSSR count). The first-order valence-electron chi connectivity index (χ1n) is 10.4. The predicted octanol–water partition coefficient (Wildman–Crippen LogP) is 1.48. The molecule has 4 aromatic heterocycles. The average Bonchev–Trinajstić information content (AvgIpc) is 3.20. The van der Waals surface area contributed by atoms with Crippen molar-refractivity contribution in [3.05, 3.63) is 71.2 Å². The number of aryl methyl sites for hydroxylation is 1. The molecule has 0 bridgehead atoms. The van der Waals surface area contributed by atoms with Crippen molar-refractivity contribution in [3.8, 4) is 11.3 Å². The topological polar surface area (TPSA) is 84.5 Å². The molecule has 1 aliphatic heterocycles. The van der Waals surface area contributed by atoms with Crippen molar-refractivity contribution in [2.75, 3.05) is 37.6 Å². The molecule has 9 heteroatoms. The van der Waals surface area contributed by atoms with Crippen LogP contribution in [0.25, 0.3) is 16.8 Å². The summed E-state index contributed by atoms with van der Waals surface area (Å²) in [5.41, 5.74) is 3.60.